The first kappa shape index (κ1) is 18.1. The van der Waals surface area contributed by atoms with E-state index >= 15 is 0 Å². The number of ether oxygens (including phenoxy) is 1. The molecule has 2 aromatic rings. The number of aromatic nitrogens is 2. The van der Waals surface area contributed by atoms with Gasteiger partial charge in [0.05, 0.1) is 5.52 Å². The standard InChI is InChI=1S/C20H24N4O2/c1-14(4-3-9-21-2)16-5-6-18-17(12-16)19(24-23-18)20(25)22-13-15-7-10-26-11-8-15/h3-6,9,12,15H,2,7-8,10-11,13H2,1H3,(H,22,25)(H,23,24)/b9-3-,14-4+. The van der Waals surface area contributed by atoms with Gasteiger partial charge in [0.15, 0.2) is 5.69 Å². The normalized spacial score (nSPS) is 16.3. The highest BCUT2D eigenvalue weighted by Crippen LogP contribution is 2.22. The summed E-state index contributed by atoms with van der Waals surface area (Å²) in [5.41, 5.74) is 3.39. The van der Waals surface area contributed by atoms with E-state index < -0.39 is 0 Å². The topological polar surface area (TPSA) is 79.4 Å². The van der Waals surface area contributed by atoms with E-state index in [-0.39, 0.29) is 5.91 Å². The number of fused-ring (bicyclic) bond motifs is 1. The average molecular weight is 352 g/mol. The van der Waals surface area contributed by atoms with E-state index in [9.17, 15) is 4.79 Å². The van der Waals surface area contributed by atoms with Gasteiger partial charge < -0.3 is 10.1 Å². The lowest BCUT2D eigenvalue weighted by molar-refractivity contribution is 0.0642. The van der Waals surface area contributed by atoms with E-state index in [1.54, 1.807) is 6.20 Å². The van der Waals surface area contributed by atoms with E-state index in [1.165, 1.54) is 0 Å². The summed E-state index contributed by atoms with van der Waals surface area (Å²) >= 11 is 0. The summed E-state index contributed by atoms with van der Waals surface area (Å²) in [6.07, 6.45) is 7.41. The first-order chi connectivity index (χ1) is 12.7. The minimum atomic E-state index is -0.141. The van der Waals surface area contributed by atoms with Gasteiger partial charge in [-0.15, -0.1) is 0 Å². The van der Waals surface area contributed by atoms with Crippen molar-refractivity contribution in [3.8, 4) is 0 Å². The van der Waals surface area contributed by atoms with E-state index in [1.807, 2.05) is 37.3 Å². The highest BCUT2D eigenvalue weighted by Gasteiger charge is 2.18. The van der Waals surface area contributed by atoms with Crippen molar-refractivity contribution in [2.45, 2.75) is 19.8 Å². The predicted molar refractivity (Wildman–Crippen MR) is 104 cm³/mol. The number of aromatic amines is 1. The molecule has 0 radical (unpaired) electrons. The molecule has 1 aromatic carbocycles. The largest absolute Gasteiger partial charge is 0.381 e. The molecule has 0 saturated carbocycles. The minimum Gasteiger partial charge on any atom is -0.381 e. The van der Waals surface area contributed by atoms with Crippen molar-refractivity contribution in [2.75, 3.05) is 19.8 Å². The van der Waals surface area contributed by atoms with Crippen molar-refractivity contribution in [3.63, 3.8) is 0 Å². The molecule has 1 amide bonds. The number of carbonyl (C=O) groups is 1. The number of benzene rings is 1. The Kier molecular flexibility index (Phi) is 5.96. The Morgan fingerprint density at radius 2 is 2.27 bits per heavy atom. The summed E-state index contributed by atoms with van der Waals surface area (Å²) in [7, 11) is 0. The van der Waals surface area contributed by atoms with Crippen LogP contribution in [0.1, 0.15) is 35.8 Å². The molecule has 0 bridgehead atoms. The third-order valence-corrected chi connectivity index (χ3v) is 4.66. The van der Waals surface area contributed by atoms with Gasteiger partial charge in [-0.2, -0.15) is 5.10 Å². The van der Waals surface area contributed by atoms with Crippen LogP contribution in [0.4, 0.5) is 0 Å². The molecule has 6 heteroatoms. The fourth-order valence-electron chi connectivity index (χ4n) is 3.05. The Morgan fingerprint density at radius 3 is 3.04 bits per heavy atom. The van der Waals surface area contributed by atoms with Gasteiger partial charge in [0.1, 0.15) is 0 Å². The maximum atomic E-state index is 12.6. The van der Waals surface area contributed by atoms with Crippen LogP contribution in [-0.2, 0) is 4.74 Å². The number of hydrogen-bond acceptors (Lipinski definition) is 4. The van der Waals surface area contributed by atoms with Crippen molar-refractivity contribution in [1.82, 2.24) is 15.5 Å². The van der Waals surface area contributed by atoms with Crippen LogP contribution in [0.3, 0.4) is 0 Å². The number of amides is 1. The molecule has 1 aliphatic rings. The van der Waals surface area contributed by atoms with Gasteiger partial charge in [-0.1, -0.05) is 12.1 Å². The summed E-state index contributed by atoms with van der Waals surface area (Å²) in [5.74, 6) is 0.334. The number of carbonyl (C=O) groups excluding carboxylic acids is 1. The summed E-state index contributed by atoms with van der Waals surface area (Å²) < 4.78 is 5.36. The van der Waals surface area contributed by atoms with Gasteiger partial charge in [0.25, 0.3) is 5.91 Å². The molecule has 2 N–H and O–H groups in total. The fraction of sp³-hybridized carbons (Fsp3) is 0.350. The Labute approximate surface area is 153 Å². The van der Waals surface area contributed by atoms with Crippen LogP contribution in [0.15, 0.2) is 41.5 Å². The molecule has 0 unspecified atom stereocenters. The minimum absolute atomic E-state index is 0.141. The van der Waals surface area contributed by atoms with E-state index in [2.05, 4.69) is 27.2 Å². The molecular weight excluding hydrogens is 328 g/mol. The second-order valence-electron chi connectivity index (χ2n) is 6.47. The van der Waals surface area contributed by atoms with Gasteiger partial charge in [-0.25, -0.2) is 0 Å². The first-order valence-corrected chi connectivity index (χ1v) is 8.82. The lowest BCUT2D eigenvalue weighted by atomic mass is 10.0. The molecule has 1 saturated heterocycles. The zero-order valence-corrected chi connectivity index (χ0v) is 15.0. The van der Waals surface area contributed by atoms with Crippen LogP contribution in [0, 0.1) is 5.92 Å². The summed E-state index contributed by atoms with van der Waals surface area (Å²) in [4.78, 5) is 16.3. The first-order valence-electron chi connectivity index (χ1n) is 8.82. The van der Waals surface area contributed by atoms with E-state index in [0.717, 1.165) is 48.1 Å². The van der Waals surface area contributed by atoms with Crippen LogP contribution in [0.5, 0.6) is 0 Å². The van der Waals surface area contributed by atoms with Gasteiger partial charge in [-0.3, -0.25) is 14.9 Å². The number of allylic oxidation sites excluding steroid dienone is 3. The Bertz CT molecular complexity index is 845. The summed E-state index contributed by atoms with van der Waals surface area (Å²) in [5, 5.41) is 11.0. The zero-order chi connectivity index (χ0) is 18.4. The molecule has 0 spiro atoms. The SMILES string of the molecule is C=N/C=C\C=C(/C)c1ccc2[nH]nc(C(=O)NCC3CCOCC3)c2c1. The van der Waals surface area contributed by atoms with Crippen LogP contribution in [-0.4, -0.2) is 42.6 Å². The number of nitrogens with zero attached hydrogens (tertiary/aromatic N) is 2. The maximum Gasteiger partial charge on any atom is 0.272 e. The molecule has 6 nitrogen and oxygen atoms in total. The molecular formula is C20H24N4O2. The number of aliphatic imine (C=N–C) groups is 1. The molecule has 0 atom stereocenters. The molecule has 0 aliphatic carbocycles. The summed E-state index contributed by atoms with van der Waals surface area (Å²) in [6, 6.07) is 5.94. The van der Waals surface area contributed by atoms with E-state index in [0.29, 0.717) is 18.2 Å². The Morgan fingerprint density at radius 1 is 1.46 bits per heavy atom. The molecule has 26 heavy (non-hydrogen) atoms. The smallest absolute Gasteiger partial charge is 0.272 e. The Hall–Kier alpha value is -2.73. The van der Waals surface area contributed by atoms with Crippen molar-refractivity contribution >= 4 is 29.1 Å². The van der Waals surface area contributed by atoms with Crippen molar-refractivity contribution in [2.24, 2.45) is 10.9 Å². The van der Waals surface area contributed by atoms with Gasteiger partial charge in [-0.05, 0) is 61.7 Å². The second kappa shape index (κ2) is 8.58. The average Bonchev–Trinajstić information content (AvgIpc) is 3.10. The molecule has 1 aromatic heterocycles. The third-order valence-electron chi connectivity index (χ3n) is 4.66. The van der Waals surface area contributed by atoms with Crippen molar-refractivity contribution in [1.29, 1.82) is 0 Å². The molecule has 3 rings (SSSR count). The fourth-order valence-corrected chi connectivity index (χ4v) is 3.05. The number of rotatable bonds is 6. The van der Waals surface area contributed by atoms with E-state index in [4.69, 9.17) is 4.74 Å². The van der Waals surface area contributed by atoms with Crippen LogP contribution in [0.2, 0.25) is 0 Å². The van der Waals surface area contributed by atoms with Gasteiger partial charge in [0.2, 0.25) is 0 Å². The predicted octanol–water partition coefficient (Wildman–Crippen LogP) is 3.34. The van der Waals surface area contributed by atoms with Crippen LogP contribution < -0.4 is 5.32 Å². The lowest BCUT2D eigenvalue weighted by Gasteiger charge is -2.21. The Balaban J connectivity index is 1.76. The highest BCUT2D eigenvalue weighted by molar-refractivity contribution is 6.05. The van der Waals surface area contributed by atoms with Crippen LogP contribution >= 0.6 is 0 Å². The van der Waals surface area contributed by atoms with Gasteiger partial charge >= 0.3 is 0 Å². The molecule has 2 heterocycles. The molecule has 1 aliphatic heterocycles. The number of H-pyrrole nitrogens is 1. The highest BCUT2D eigenvalue weighted by atomic mass is 16.5. The maximum absolute atomic E-state index is 12.6. The third kappa shape index (κ3) is 4.26. The molecule has 136 valence electrons. The van der Waals surface area contributed by atoms with Crippen LogP contribution in [0.25, 0.3) is 16.5 Å². The summed E-state index contributed by atoms with van der Waals surface area (Å²) in [6.45, 7) is 7.64. The monoisotopic (exact) mass is 352 g/mol. The number of nitrogens with one attached hydrogen (secondary N) is 2. The van der Waals surface area contributed by atoms with Crippen molar-refractivity contribution < 1.29 is 9.53 Å². The molecule has 1 fully saturated rings. The van der Waals surface area contributed by atoms with Gasteiger partial charge in [0, 0.05) is 31.3 Å². The quantitative estimate of drug-likeness (QED) is 0.618. The lowest BCUT2D eigenvalue weighted by Crippen LogP contribution is -2.32. The zero-order valence-electron chi connectivity index (χ0n) is 15.0. The second-order valence-corrected chi connectivity index (χ2v) is 6.47. The van der Waals surface area contributed by atoms with Crippen molar-refractivity contribution in [3.05, 3.63) is 47.8 Å². The number of hydrogen-bond donors (Lipinski definition) is 2.